The van der Waals surface area contributed by atoms with Gasteiger partial charge in [-0.25, -0.2) is 0 Å². The molecule has 2 N–H and O–H groups in total. The Hall–Kier alpha value is -2.25. The predicted octanol–water partition coefficient (Wildman–Crippen LogP) is 4.26. The number of aromatic hydroxyl groups is 1. The fourth-order valence-electron chi connectivity index (χ4n) is 2.10. The summed E-state index contributed by atoms with van der Waals surface area (Å²) in [6.07, 6.45) is 1.64. The Balaban J connectivity index is 1.69. The fourth-order valence-corrected chi connectivity index (χ4v) is 3.20. The Morgan fingerprint density at radius 2 is 1.75 bits per heavy atom. The number of anilines is 1. The molecule has 0 bridgehead atoms. The molecule has 7 heteroatoms. The van der Waals surface area contributed by atoms with E-state index in [9.17, 15) is 14.7 Å². The average Bonchev–Trinajstić information content (AvgIpc) is 2.83. The van der Waals surface area contributed by atoms with Crippen LogP contribution in [0.3, 0.4) is 0 Å². The van der Waals surface area contributed by atoms with Crippen molar-refractivity contribution in [2.24, 2.45) is 0 Å². The second-order valence-corrected chi connectivity index (χ2v) is 6.95. The molecule has 0 aromatic heterocycles. The van der Waals surface area contributed by atoms with Gasteiger partial charge in [-0.3, -0.25) is 14.5 Å². The van der Waals surface area contributed by atoms with E-state index in [1.54, 1.807) is 18.2 Å². The fraction of sp³-hybridized carbons (Fsp3) is 0.0588. The monoisotopic (exact) mass is 404 g/mol. The van der Waals surface area contributed by atoms with Gasteiger partial charge in [0.05, 0.1) is 11.6 Å². The van der Waals surface area contributed by atoms with Crippen molar-refractivity contribution >= 4 is 50.6 Å². The molecule has 2 amide bonds. The molecule has 0 aliphatic carbocycles. The molecule has 122 valence electrons. The summed E-state index contributed by atoms with van der Waals surface area (Å²) in [6.45, 7) is 0.110. The van der Waals surface area contributed by atoms with Gasteiger partial charge in [0, 0.05) is 10.2 Å². The summed E-state index contributed by atoms with van der Waals surface area (Å²) >= 11 is 4.26. The number of carbonyl (C=O) groups is 2. The molecule has 24 heavy (non-hydrogen) atoms. The highest BCUT2D eigenvalue weighted by Crippen LogP contribution is 2.32. The maximum Gasteiger partial charge on any atom is 0.295 e. The second-order valence-electron chi connectivity index (χ2n) is 5.04. The Morgan fingerprint density at radius 3 is 2.42 bits per heavy atom. The minimum Gasteiger partial charge on any atom is -0.508 e. The quantitative estimate of drug-likeness (QED) is 0.744. The summed E-state index contributed by atoms with van der Waals surface area (Å²) in [5.74, 6) is -0.179. The number of hydrogen-bond acceptors (Lipinski definition) is 5. The van der Waals surface area contributed by atoms with Gasteiger partial charge in [-0.05, 0) is 59.8 Å². The van der Waals surface area contributed by atoms with Crippen LogP contribution >= 0.6 is 27.7 Å². The van der Waals surface area contributed by atoms with Crippen LogP contribution in [0.1, 0.15) is 5.56 Å². The normalized spacial score (nSPS) is 16.0. The minimum atomic E-state index is -0.331. The minimum absolute atomic E-state index is 0.110. The van der Waals surface area contributed by atoms with E-state index in [0.29, 0.717) is 4.91 Å². The number of nitrogens with one attached hydrogen (secondary N) is 1. The third-order valence-corrected chi connectivity index (χ3v) is 4.79. The molecule has 0 spiro atoms. The smallest absolute Gasteiger partial charge is 0.295 e. The lowest BCUT2D eigenvalue weighted by Gasteiger charge is -2.14. The van der Waals surface area contributed by atoms with Gasteiger partial charge in [0.25, 0.3) is 11.1 Å². The van der Waals surface area contributed by atoms with Crippen LogP contribution in [0, 0.1) is 0 Å². The number of phenolic OH excluding ortho intramolecular Hbond substituents is 1. The first kappa shape index (κ1) is 16.6. The van der Waals surface area contributed by atoms with E-state index in [1.165, 1.54) is 17.0 Å². The van der Waals surface area contributed by atoms with E-state index in [2.05, 4.69) is 21.2 Å². The molecule has 0 saturated carbocycles. The zero-order valence-corrected chi connectivity index (χ0v) is 14.8. The largest absolute Gasteiger partial charge is 0.508 e. The highest BCUT2D eigenvalue weighted by Gasteiger charge is 2.34. The number of phenols is 1. The van der Waals surface area contributed by atoms with Gasteiger partial charge in [0.1, 0.15) is 5.75 Å². The molecule has 0 unspecified atom stereocenters. The number of carbonyl (C=O) groups excluding carboxylic acids is 2. The number of nitrogens with zero attached hydrogens (tertiary/aromatic N) is 1. The van der Waals surface area contributed by atoms with Gasteiger partial charge in [-0.1, -0.05) is 28.1 Å². The van der Waals surface area contributed by atoms with Gasteiger partial charge in [-0.2, -0.15) is 0 Å². The lowest BCUT2D eigenvalue weighted by atomic mass is 10.2. The van der Waals surface area contributed by atoms with Crippen molar-refractivity contribution in [2.75, 3.05) is 12.0 Å². The standard InChI is InChI=1S/C17H13BrN2O3S/c18-12-3-5-13(6-4-12)19-10-20-16(22)15(24-17(20)23)9-11-1-7-14(21)8-2-11/h1-9,19,21H,10H2/b15-9-. The zero-order valence-electron chi connectivity index (χ0n) is 12.4. The van der Waals surface area contributed by atoms with E-state index in [0.717, 1.165) is 27.5 Å². The van der Waals surface area contributed by atoms with Crippen LogP contribution in [-0.2, 0) is 4.79 Å². The van der Waals surface area contributed by atoms with Crippen LogP contribution in [0.25, 0.3) is 6.08 Å². The van der Waals surface area contributed by atoms with Crippen LogP contribution in [0.5, 0.6) is 5.75 Å². The van der Waals surface area contributed by atoms with Crippen LogP contribution in [0.2, 0.25) is 0 Å². The van der Waals surface area contributed by atoms with E-state index in [4.69, 9.17) is 0 Å². The third kappa shape index (κ3) is 3.80. The molecule has 2 aromatic rings. The van der Waals surface area contributed by atoms with Gasteiger partial charge in [0.2, 0.25) is 0 Å². The van der Waals surface area contributed by atoms with E-state index in [-0.39, 0.29) is 23.6 Å². The average molecular weight is 405 g/mol. The maximum absolute atomic E-state index is 12.4. The first-order valence-corrected chi connectivity index (χ1v) is 8.68. The summed E-state index contributed by atoms with van der Waals surface area (Å²) in [6, 6.07) is 13.9. The highest BCUT2D eigenvalue weighted by atomic mass is 79.9. The Labute approximate surface area is 151 Å². The van der Waals surface area contributed by atoms with Crippen LogP contribution in [-0.4, -0.2) is 27.8 Å². The third-order valence-electron chi connectivity index (χ3n) is 3.35. The van der Waals surface area contributed by atoms with Gasteiger partial charge in [-0.15, -0.1) is 0 Å². The molecule has 0 radical (unpaired) electrons. The molecular formula is C17H13BrN2O3S. The molecule has 5 nitrogen and oxygen atoms in total. The number of imide groups is 1. The van der Waals surface area contributed by atoms with E-state index < -0.39 is 0 Å². The van der Waals surface area contributed by atoms with E-state index >= 15 is 0 Å². The SMILES string of the molecule is O=C1S/C(=C\c2ccc(O)cc2)C(=O)N1CNc1ccc(Br)cc1. The Kier molecular flexibility index (Phi) is 4.92. The van der Waals surface area contributed by atoms with Crippen molar-refractivity contribution in [2.45, 2.75) is 0 Å². The van der Waals surface area contributed by atoms with E-state index in [1.807, 2.05) is 24.3 Å². The lowest BCUT2D eigenvalue weighted by molar-refractivity contribution is -0.122. The maximum atomic E-state index is 12.4. The van der Waals surface area contributed by atoms with Crippen LogP contribution in [0.15, 0.2) is 57.9 Å². The summed E-state index contributed by atoms with van der Waals surface area (Å²) in [7, 11) is 0. The molecule has 0 atom stereocenters. The topological polar surface area (TPSA) is 69.6 Å². The number of thioether (sulfide) groups is 1. The van der Waals surface area contributed by atoms with Crippen molar-refractivity contribution in [3.8, 4) is 5.75 Å². The molecule has 1 aliphatic rings. The zero-order chi connectivity index (χ0) is 17.1. The Morgan fingerprint density at radius 1 is 1.08 bits per heavy atom. The molecule has 2 aromatic carbocycles. The van der Waals surface area contributed by atoms with Crippen molar-refractivity contribution < 1.29 is 14.7 Å². The predicted molar refractivity (Wildman–Crippen MR) is 98.5 cm³/mol. The van der Waals surface area contributed by atoms with Crippen molar-refractivity contribution in [3.63, 3.8) is 0 Å². The Bertz CT molecular complexity index is 804. The molecular weight excluding hydrogens is 392 g/mol. The first-order chi connectivity index (χ1) is 11.5. The molecule has 3 rings (SSSR count). The molecule has 1 saturated heterocycles. The first-order valence-electron chi connectivity index (χ1n) is 7.07. The van der Waals surface area contributed by atoms with Crippen molar-refractivity contribution in [3.05, 3.63) is 63.5 Å². The van der Waals surface area contributed by atoms with Crippen LogP contribution in [0.4, 0.5) is 10.5 Å². The number of halogens is 1. The van der Waals surface area contributed by atoms with Gasteiger partial charge < -0.3 is 10.4 Å². The van der Waals surface area contributed by atoms with Gasteiger partial charge >= 0.3 is 0 Å². The molecule has 1 heterocycles. The highest BCUT2D eigenvalue weighted by molar-refractivity contribution is 9.10. The summed E-state index contributed by atoms with van der Waals surface area (Å²) in [5.41, 5.74) is 1.57. The number of hydrogen-bond donors (Lipinski definition) is 2. The summed E-state index contributed by atoms with van der Waals surface area (Å²) in [5, 5.41) is 12.0. The number of benzene rings is 2. The second kappa shape index (κ2) is 7.11. The number of amides is 2. The van der Waals surface area contributed by atoms with Crippen molar-refractivity contribution in [1.82, 2.24) is 4.90 Å². The van der Waals surface area contributed by atoms with Gasteiger partial charge in [0.15, 0.2) is 0 Å². The van der Waals surface area contributed by atoms with Crippen molar-refractivity contribution in [1.29, 1.82) is 0 Å². The molecule has 1 aliphatic heterocycles. The molecule has 1 fully saturated rings. The summed E-state index contributed by atoms with van der Waals surface area (Å²) < 4.78 is 0.955. The number of rotatable bonds is 4. The lowest BCUT2D eigenvalue weighted by Crippen LogP contribution is -2.33. The summed E-state index contributed by atoms with van der Waals surface area (Å²) in [4.78, 5) is 26.0. The van der Waals surface area contributed by atoms with Crippen LogP contribution < -0.4 is 5.32 Å².